The van der Waals surface area contributed by atoms with Gasteiger partial charge in [0.25, 0.3) is 0 Å². The predicted octanol–water partition coefficient (Wildman–Crippen LogP) is 3.23. The number of carbonyl (C=O) groups excluding carboxylic acids is 1. The number of carbonyl (C=O) groups is 1. The molecule has 0 radical (unpaired) electrons. The van der Waals surface area contributed by atoms with Gasteiger partial charge in [0.2, 0.25) is 0 Å². The summed E-state index contributed by atoms with van der Waals surface area (Å²) in [6, 6.07) is 12.7. The van der Waals surface area contributed by atoms with Gasteiger partial charge in [0.15, 0.2) is 0 Å². The zero-order valence-electron chi connectivity index (χ0n) is 11.7. The van der Waals surface area contributed by atoms with Crippen molar-refractivity contribution in [2.75, 3.05) is 6.61 Å². The molecule has 0 saturated heterocycles. The second-order valence-electron chi connectivity index (χ2n) is 4.50. The highest BCUT2D eigenvalue weighted by molar-refractivity contribution is 5.77. The second kappa shape index (κ2) is 6.91. The Morgan fingerprint density at radius 3 is 2.60 bits per heavy atom. The van der Waals surface area contributed by atoms with Crippen LogP contribution in [0, 0.1) is 0 Å². The summed E-state index contributed by atoms with van der Waals surface area (Å²) in [7, 11) is 0. The first-order chi connectivity index (χ1) is 9.72. The van der Waals surface area contributed by atoms with Crippen LogP contribution < -0.4 is 5.32 Å². The molecule has 0 fully saturated rings. The summed E-state index contributed by atoms with van der Waals surface area (Å²) in [5.74, 6) is 0.507. The molecule has 1 aromatic carbocycles. The lowest BCUT2D eigenvalue weighted by Crippen LogP contribution is -2.32. The van der Waals surface area contributed by atoms with Crippen molar-refractivity contribution in [3.8, 4) is 0 Å². The molecule has 0 aliphatic rings. The topological polar surface area (TPSA) is 51.5 Å². The first-order valence-electron chi connectivity index (χ1n) is 6.73. The van der Waals surface area contributed by atoms with E-state index >= 15 is 0 Å². The van der Waals surface area contributed by atoms with Crippen LogP contribution in [-0.2, 0) is 9.53 Å². The quantitative estimate of drug-likeness (QED) is 0.821. The van der Waals surface area contributed by atoms with Gasteiger partial charge in [-0.25, -0.2) is 4.79 Å². The molecule has 1 aromatic heterocycles. The third kappa shape index (κ3) is 3.48. The van der Waals surface area contributed by atoms with Crippen molar-refractivity contribution in [2.45, 2.75) is 25.9 Å². The fourth-order valence-corrected chi connectivity index (χ4v) is 2.04. The van der Waals surface area contributed by atoms with E-state index in [0.717, 1.165) is 11.3 Å². The SMILES string of the molecule is CCOC(=O)C(N[C@H](C)c1ccco1)c1ccccc1. The Kier molecular flexibility index (Phi) is 4.96. The molecule has 2 aromatic rings. The minimum absolute atomic E-state index is 0.0837. The molecule has 4 nitrogen and oxygen atoms in total. The molecule has 106 valence electrons. The van der Waals surface area contributed by atoms with Crippen molar-refractivity contribution in [3.05, 3.63) is 60.1 Å². The molecule has 1 heterocycles. The van der Waals surface area contributed by atoms with Crippen LogP contribution in [0.1, 0.15) is 37.3 Å². The minimum Gasteiger partial charge on any atom is -0.468 e. The molecule has 0 spiro atoms. The summed E-state index contributed by atoms with van der Waals surface area (Å²) < 4.78 is 10.5. The number of furan rings is 1. The van der Waals surface area contributed by atoms with Gasteiger partial charge in [0.05, 0.1) is 18.9 Å². The largest absolute Gasteiger partial charge is 0.468 e. The Bertz CT molecular complexity index is 522. The zero-order chi connectivity index (χ0) is 14.4. The van der Waals surface area contributed by atoms with Gasteiger partial charge in [-0.1, -0.05) is 30.3 Å². The van der Waals surface area contributed by atoms with E-state index in [1.54, 1.807) is 13.2 Å². The van der Waals surface area contributed by atoms with Crippen molar-refractivity contribution in [1.82, 2.24) is 5.32 Å². The molecular formula is C16H19NO3. The highest BCUT2D eigenvalue weighted by atomic mass is 16.5. The van der Waals surface area contributed by atoms with Gasteiger partial charge >= 0.3 is 5.97 Å². The standard InChI is InChI=1S/C16H19NO3/c1-3-19-16(18)15(13-8-5-4-6-9-13)17-12(2)14-10-7-11-20-14/h4-12,15,17H,3H2,1-2H3/t12-,15?/m1/s1. The summed E-state index contributed by atoms with van der Waals surface area (Å²) in [5.41, 5.74) is 0.879. The summed E-state index contributed by atoms with van der Waals surface area (Å²) in [4.78, 5) is 12.1. The van der Waals surface area contributed by atoms with E-state index < -0.39 is 6.04 Å². The van der Waals surface area contributed by atoms with Crippen LogP contribution in [0.5, 0.6) is 0 Å². The third-order valence-electron chi connectivity index (χ3n) is 3.04. The smallest absolute Gasteiger partial charge is 0.327 e. The van der Waals surface area contributed by atoms with E-state index in [0.29, 0.717) is 6.61 Å². The van der Waals surface area contributed by atoms with Crippen LogP contribution in [0.2, 0.25) is 0 Å². The van der Waals surface area contributed by atoms with Gasteiger partial charge in [-0.05, 0) is 31.5 Å². The van der Waals surface area contributed by atoms with Gasteiger partial charge in [-0.15, -0.1) is 0 Å². The molecular weight excluding hydrogens is 254 g/mol. The molecule has 1 unspecified atom stereocenters. The Morgan fingerprint density at radius 2 is 2.00 bits per heavy atom. The molecule has 4 heteroatoms. The van der Waals surface area contributed by atoms with Crippen molar-refractivity contribution < 1.29 is 13.9 Å². The summed E-state index contributed by atoms with van der Waals surface area (Å²) in [6.07, 6.45) is 1.62. The molecule has 0 saturated carbocycles. The van der Waals surface area contributed by atoms with Gasteiger partial charge in [-0.3, -0.25) is 5.32 Å². The fraction of sp³-hybridized carbons (Fsp3) is 0.312. The third-order valence-corrected chi connectivity index (χ3v) is 3.04. The van der Waals surface area contributed by atoms with Gasteiger partial charge in [0, 0.05) is 0 Å². The molecule has 0 aliphatic heterocycles. The number of ether oxygens (including phenoxy) is 1. The molecule has 0 amide bonds. The lowest BCUT2D eigenvalue weighted by atomic mass is 10.1. The number of esters is 1. The van der Waals surface area contributed by atoms with E-state index in [1.165, 1.54) is 0 Å². The van der Waals surface area contributed by atoms with Crippen LogP contribution in [0.3, 0.4) is 0 Å². The highest BCUT2D eigenvalue weighted by Gasteiger charge is 2.24. The van der Waals surface area contributed by atoms with E-state index in [2.05, 4.69) is 5.32 Å². The van der Waals surface area contributed by atoms with Crippen molar-refractivity contribution in [1.29, 1.82) is 0 Å². The van der Waals surface area contributed by atoms with Crippen LogP contribution in [0.4, 0.5) is 0 Å². The van der Waals surface area contributed by atoms with Crippen molar-refractivity contribution >= 4 is 5.97 Å². The molecule has 20 heavy (non-hydrogen) atoms. The Morgan fingerprint density at radius 1 is 1.25 bits per heavy atom. The van der Waals surface area contributed by atoms with E-state index in [-0.39, 0.29) is 12.0 Å². The zero-order valence-corrected chi connectivity index (χ0v) is 11.7. The Hall–Kier alpha value is -2.07. The fourth-order valence-electron chi connectivity index (χ4n) is 2.04. The predicted molar refractivity (Wildman–Crippen MR) is 76.1 cm³/mol. The maximum atomic E-state index is 12.1. The maximum absolute atomic E-state index is 12.1. The second-order valence-corrected chi connectivity index (χ2v) is 4.50. The van der Waals surface area contributed by atoms with E-state index in [4.69, 9.17) is 9.15 Å². The summed E-state index contributed by atoms with van der Waals surface area (Å²) in [5, 5.41) is 3.25. The number of benzene rings is 1. The summed E-state index contributed by atoms with van der Waals surface area (Å²) >= 11 is 0. The monoisotopic (exact) mass is 273 g/mol. The normalized spacial score (nSPS) is 13.7. The minimum atomic E-state index is -0.503. The number of hydrogen-bond donors (Lipinski definition) is 1. The molecule has 2 rings (SSSR count). The van der Waals surface area contributed by atoms with Crippen LogP contribution in [0.15, 0.2) is 53.1 Å². The van der Waals surface area contributed by atoms with Crippen LogP contribution >= 0.6 is 0 Å². The van der Waals surface area contributed by atoms with Gasteiger partial charge in [-0.2, -0.15) is 0 Å². The molecule has 0 aliphatic carbocycles. The first-order valence-corrected chi connectivity index (χ1v) is 6.73. The Labute approximate surface area is 118 Å². The number of hydrogen-bond acceptors (Lipinski definition) is 4. The first kappa shape index (κ1) is 14.3. The Balaban J connectivity index is 2.17. The number of nitrogens with one attached hydrogen (secondary N) is 1. The van der Waals surface area contributed by atoms with Gasteiger partial charge < -0.3 is 9.15 Å². The van der Waals surface area contributed by atoms with E-state index in [9.17, 15) is 4.79 Å². The lowest BCUT2D eigenvalue weighted by molar-refractivity contribution is -0.146. The van der Waals surface area contributed by atoms with Gasteiger partial charge in [0.1, 0.15) is 11.8 Å². The molecule has 0 bridgehead atoms. The molecule has 2 atom stereocenters. The lowest BCUT2D eigenvalue weighted by Gasteiger charge is -2.21. The van der Waals surface area contributed by atoms with Crippen molar-refractivity contribution in [3.63, 3.8) is 0 Å². The number of rotatable bonds is 6. The average Bonchev–Trinajstić information content (AvgIpc) is 3.00. The maximum Gasteiger partial charge on any atom is 0.327 e. The van der Waals surface area contributed by atoms with E-state index in [1.807, 2.05) is 49.4 Å². The van der Waals surface area contributed by atoms with Crippen LogP contribution in [-0.4, -0.2) is 12.6 Å². The molecule has 1 N–H and O–H groups in total. The average molecular weight is 273 g/mol. The van der Waals surface area contributed by atoms with Crippen LogP contribution in [0.25, 0.3) is 0 Å². The highest BCUT2D eigenvalue weighted by Crippen LogP contribution is 2.21. The van der Waals surface area contributed by atoms with Crippen molar-refractivity contribution in [2.24, 2.45) is 0 Å². The summed E-state index contributed by atoms with van der Waals surface area (Å²) in [6.45, 7) is 4.11.